The predicted molar refractivity (Wildman–Crippen MR) is 73.9 cm³/mol. The Hall–Kier alpha value is -1.68. The number of carbonyl (C=O) groups excluding carboxylic acids is 1. The second kappa shape index (κ2) is 4.78. The van der Waals surface area contributed by atoms with Crippen molar-refractivity contribution in [2.45, 2.75) is 19.9 Å². The number of rotatable bonds is 1. The van der Waals surface area contributed by atoms with Gasteiger partial charge in [-0.05, 0) is 48.1 Å². The summed E-state index contributed by atoms with van der Waals surface area (Å²) in [6, 6.07) is 6.75. The molecule has 0 radical (unpaired) electrons. The third kappa shape index (κ3) is 2.28. The number of hydrogen-bond acceptors (Lipinski definition) is 2. The first kappa shape index (κ1) is 12.4. The molecule has 1 aromatic heterocycles. The molecule has 0 spiro atoms. The minimum atomic E-state index is -0.320. The standard InChI is InChI=1S/C15H14FNOS/c1-10-2-3-11(8-13(10)16)15(18)17-6-4-14-12(9-17)5-7-19-14/h2-3,5,7-8H,4,6,9H2,1H3. The summed E-state index contributed by atoms with van der Waals surface area (Å²) in [6.45, 7) is 3.04. The molecule has 2 aromatic rings. The van der Waals surface area contributed by atoms with Crippen LogP contribution in [0.4, 0.5) is 4.39 Å². The van der Waals surface area contributed by atoms with Gasteiger partial charge >= 0.3 is 0 Å². The highest BCUT2D eigenvalue weighted by atomic mass is 32.1. The Morgan fingerprint density at radius 2 is 2.21 bits per heavy atom. The van der Waals surface area contributed by atoms with Gasteiger partial charge in [0.2, 0.25) is 0 Å². The molecular formula is C15H14FNOS. The van der Waals surface area contributed by atoms with E-state index in [1.807, 2.05) is 0 Å². The normalized spacial score (nSPS) is 14.3. The summed E-state index contributed by atoms with van der Waals surface area (Å²) >= 11 is 1.74. The summed E-state index contributed by atoms with van der Waals surface area (Å²) in [6.07, 6.45) is 0.896. The van der Waals surface area contributed by atoms with Gasteiger partial charge in [0, 0.05) is 23.5 Å². The van der Waals surface area contributed by atoms with E-state index >= 15 is 0 Å². The number of thiophene rings is 1. The third-order valence-corrected chi connectivity index (χ3v) is 4.54. The van der Waals surface area contributed by atoms with Gasteiger partial charge in [-0.3, -0.25) is 4.79 Å². The molecule has 0 N–H and O–H groups in total. The highest BCUT2D eigenvalue weighted by Crippen LogP contribution is 2.25. The van der Waals surface area contributed by atoms with Gasteiger partial charge in [0.1, 0.15) is 5.82 Å². The van der Waals surface area contributed by atoms with Gasteiger partial charge in [0.25, 0.3) is 5.91 Å². The molecule has 1 aliphatic rings. The maximum Gasteiger partial charge on any atom is 0.254 e. The van der Waals surface area contributed by atoms with Gasteiger partial charge in [-0.25, -0.2) is 4.39 Å². The second-order valence-corrected chi connectivity index (χ2v) is 5.81. The molecule has 4 heteroatoms. The van der Waals surface area contributed by atoms with Crippen LogP contribution < -0.4 is 0 Å². The van der Waals surface area contributed by atoms with Crippen LogP contribution >= 0.6 is 11.3 Å². The lowest BCUT2D eigenvalue weighted by molar-refractivity contribution is 0.0735. The average molecular weight is 275 g/mol. The second-order valence-electron chi connectivity index (χ2n) is 4.81. The molecular weight excluding hydrogens is 261 g/mol. The van der Waals surface area contributed by atoms with E-state index in [-0.39, 0.29) is 11.7 Å². The zero-order valence-corrected chi connectivity index (χ0v) is 11.5. The number of halogens is 1. The van der Waals surface area contributed by atoms with Crippen molar-refractivity contribution < 1.29 is 9.18 Å². The zero-order chi connectivity index (χ0) is 13.4. The zero-order valence-electron chi connectivity index (χ0n) is 10.6. The Balaban J connectivity index is 1.83. The van der Waals surface area contributed by atoms with Gasteiger partial charge in [0.05, 0.1) is 0 Å². The van der Waals surface area contributed by atoms with Crippen LogP contribution in [0.5, 0.6) is 0 Å². The molecule has 0 bridgehead atoms. The molecule has 19 heavy (non-hydrogen) atoms. The average Bonchev–Trinajstić information content (AvgIpc) is 2.88. The smallest absolute Gasteiger partial charge is 0.254 e. The van der Waals surface area contributed by atoms with Crippen LogP contribution in [0.1, 0.15) is 26.4 Å². The molecule has 0 atom stereocenters. The Labute approximate surface area is 115 Å². The van der Waals surface area contributed by atoms with Gasteiger partial charge < -0.3 is 4.90 Å². The fourth-order valence-corrected chi connectivity index (χ4v) is 3.22. The number of hydrogen-bond donors (Lipinski definition) is 0. The molecule has 0 unspecified atom stereocenters. The summed E-state index contributed by atoms with van der Waals surface area (Å²) in [5.41, 5.74) is 2.22. The minimum Gasteiger partial charge on any atom is -0.334 e. The first-order valence-corrected chi connectivity index (χ1v) is 7.14. The lowest BCUT2D eigenvalue weighted by Crippen LogP contribution is -2.35. The summed E-state index contributed by atoms with van der Waals surface area (Å²) in [7, 11) is 0. The maximum atomic E-state index is 13.5. The third-order valence-electron chi connectivity index (χ3n) is 3.51. The fourth-order valence-electron chi connectivity index (χ4n) is 2.33. The van der Waals surface area contributed by atoms with E-state index < -0.39 is 0 Å². The number of fused-ring (bicyclic) bond motifs is 1. The van der Waals surface area contributed by atoms with Crippen LogP contribution in [0, 0.1) is 12.7 Å². The molecule has 1 aliphatic heterocycles. The number of benzene rings is 1. The largest absolute Gasteiger partial charge is 0.334 e. The monoisotopic (exact) mass is 275 g/mol. The Kier molecular flexibility index (Phi) is 3.11. The van der Waals surface area contributed by atoms with Gasteiger partial charge in [-0.2, -0.15) is 0 Å². The highest BCUT2D eigenvalue weighted by molar-refractivity contribution is 7.10. The van der Waals surface area contributed by atoms with E-state index in [1.54, 1.807) is 35.3 Å². The van der Waals surface area contributed by atoms with Gasteiger partial charge in [0.15, 0.2) is 0 Å². The molecule has 1 aromatic carbocycles. The van der Waals surface area contributed by atoms with Crippen LogP contribution in [0.3, 0.4) is 0 Å². The van der Waals surface area contributed by atoms with Crippen molar-refractivity contribution in [2.75, 3.05) is 6.54 Å². The van der Waals surface area contributed by atoms with Gasteiger partial charge in [-0.1, -0.05) is 6.07 Å². The quantitative estimate of drug-likeness (QED) is 0.781. The highest BCUT2D eigenvalue weighted by Gasteiger charge is 2.22. The van der Waals surface area contributed by atoms with Crippen molar-refractivity contribution in [3.8, 4) is 0 Å². The summed E-state index contributed by atoms with van der Waals surface area (Å²) in [5, 5.41) is 2.06. The van der Waals surface area contributed by atoms with Crippen molar-refractivity contribution in [3.05, 3.63) is 57.0 Å². The molecule has 2 heterocycles. The van der Waals surface area contributed by atoms with E-state index in [0.29, 0.717) is 24.2 Å². The van der Waals surface area contributed by atoms with Crippen molar-refractivity contribution in [2.24, 2.45) is 0 Å². The first-order valence-electron chi connectivity index (χ1n) is 6.26. The van der Waals surface area contributed by atoms with Crippen LogP contribution in [-0.2, 0) is 13.0 Å². The van der Waals surface area contributed by atoms with Crippen LogP contribution in [0.25, 0.3) is 0 Å². The lowest BCUT2D eigenvalue weighted by Gasteiger charge is -2.27. The van der Waals surface area contributed by atoms with E-state index in [9.17, 15) is 9.18 Å². The Morgan fingerprint density at radius 1 is 1.37 bits per heavy atom. The molecule has 0 fully saturated rings. The fraction of sp³-hybridized carbons (Fsp3) is 0.267. The molecule has 98 valence electrons. The number of amides is 1. The SMILES string of the molecule is Cc1ccc(C(=O)N2CCc3sccc3C2)cc1F. The van der Waals surface area contributed by atoms with E-state index in [1.165, 1.54) is 16.5 Å². The molecule has 0 saturated heterocycles. The molecule has 1 amide bonds. The summed E-state index contributed by atoms with van der Waals surface area (Å²) in [4.78, 5) is 15.5. The minimum absolute atomic E-state index is 0.0873. The summed E-state index contributed by atoms with van der Waals surface area (Å²) < 4.78 is 13.5. The molecule has 3 rings (SSSR count). The Morgan fingerprint density at radius 3 is 3.00 bits per heavy atom. The van der Waals surface area contributed by atoms with Crippen molar-refractivity contribution >= 4 is 17.2 Å². The van der Waals surface area contributed by atoms with E-state index in [2.05, 4.69) is 11.4 Å². The van der Waals surface area contributed by atoms with E-state index in [0.717, 1.165) is 6.42 Å². The molecule has 2 nitrogen and oxygen atoms in total. The number of nitrogens with zero attached hydrogens (tertiary/aromatic N) is 1. The number of aryl methyl sites for hydroxylation is 1. The number of carbonyl (C=O) groups is 1. The van der Waals surface area contributed by atoms with Crippen LogP contribution in [0.2, 0.25) is 0 Å². The molecule has 0 saturated carbocycles. The predicted octanol–water partition coefficient (Wildman–Crippen LogP) is 3.39. The first-order chi connectivity index (χ1) is 9.15. The van der Waals surface area contributed by atoms with Crippen molar-refractivity contribution in [1.29, 1.82) is 0 Å². The van der Waals surface area contributed by atoms with Gasteiger partial charge in [-0.15, -0.1) is 11.3 Å². The Bertz CT molecular complexity index is 635. The maximum absolute atomic E-state index is 13.5. The summed E-state index contributed by atoms with van der Waals surface area (Å²) in [5.74, 6) is -0.408. The lowest BCUT2D eigenvalue weighted by atomic mass is 10.1. The van der Waals surface area contributed by atoms with Crippen LogP contribution in [0.15, 0.2) is 29.6 Å². The van der Waals surface area contributed by atoms with Crippen LogP contribution in [-0.4, -0.2) is 17.4 Å². The topological polar surface area (TPSA) is 20.3 Å². The molecule has 0 aliphatic carbocycles. The van der Waals surface area contributed by atoms with E-state index in [4.69, 9.17) is 0 Å². The van der Waals surface area contributed by atoms with Crippen molar-refractivity contribution in [1.82, 2.24) is 4.90 Å². The van der Waals surface area contributed by atoms with Crippen molar-refractivity contribution in [3.63, 3.8) is 0 Å².